The number of ether oxygens (including phenoxy) is 1. The number of hydrogen-bond acceptors (Lipinski definition) is 8. The molecule has 4 heterocycles. The van der Waals surface area contributed by atoms with Gasteiger partial charge in [0.05, 0.1) is 46.1 Å². The molecule has 1 aliphatic heterocycles. The van der Waals surface area contributed by atoms with Gasteiger partial charge in [0.15, 0.2) is 0 Å². The van der Waals surface area contributed by atoms with Gasteiger partial charge in [0.25, 0.3) is 0 Å². The largest absolute Gasteiger partial charge is 0.481 e. The third-order valence-corrected chi connectivity index (χ3v) is 10.9. The Balaban J connectivity index is 0.000000174. The van der Waals surface area contributed by atoms with Crippen LogP contribution in [0.3, 0.4) is 0 Å². The van der Waals surface area contributed by atoms with Gasteiger partial charge in [0.1, 0.15) is 0 Å². The minimum absolute atomic E-state index is 0.0546. The molecule has 4 aromatic carbocycles. The summed E-state index contributed by atoms with van der Waals surface area (Å²) in [5, 5.41) is 17.2. The quantitative estimate of drug-likeness (QED) is 0.0793. The molecule has 0 radical (unpaired) electrons. The number of rotatable bonds is 16. The number of imidazole rings is 3. The molecule has 0 bridgehead atoms. The lowest BCUT2D eigenvalue weighted by Gasteiger charge is -2.16. The van der Waals surface area contributed by atoms with Crippen molar-refractivity contribution in [3.8, 4) is 0 Å². The number of para-hydroxylation sites is 7. The number of aromatic amines is 1. The van der Waals surface area contributed by atoms with E-state index in [1.54, 1.807) is 48.5 Å². The maximum atomic E-state index is 12.5. The van der Waals surface area contributed by atoms with Crippen molar-refractivity contribution in [3.63, 3.8) is 0 Å². The zero-order valence-electron chi connectivity index (χ0n) is 39.5. The molecule has 0 unspecified atom stereocenters. The zero-order valence-corrected chi connectivity index (χ0v) is 39.5. The first kappa shape index (κ1) is 51.8. The van der Waals surface area contributed by atoms with E-state index in [2.05, 4.69) is 24.7 Å². The number of amides is 1. The predicted octanol–water partition coefficient (Wildman–Crippen LogP) is 8.06. The lowest BCUT2D eigenvalue weighted by atomic mass is 10.2. The molecule has 0 atom stereocenters. The SMILES string of the molecule is C=C(C)n1c(=O)[nH]c2ccccc21.C=C(C)n1c(=O)n(CCCC(=O)O)c2ccccc21.C=C(C)n1c(=O)n(CCCC(=O)OCC)c2ccccc21.O=C(O)CCCN1C(=O)Cc2ccccc21. The summed E-state index contributed by atoms with van der Waals surface area (Å²) in [5.41, 5.74) is 8.62. The highest BCUT2D eigenvalue weighted by atomic mass is 16.5. The summed E-state index contributed by atoms with van der Waals surface area (Å²) in [6.07, 6.45) is 2.40. The Morgan fingerprint density at radius 1 is 0.580 bits per heavy atom. The van der Waals surface area contributed by atoms with Crippen LogP contribution in [0, 0.1) is 0 Å². The number of nitrogens with one attached hydrogen (secondary N) is 1. The number of carbonyl (C=O) groups excluding carboxylic acids is 2. The number of fused-ring (bicyclic) bond motifs is 4. The maximum Gasteiger partial charge on any atom is 0.333 e. The molecule has 7 aromatic rings. The number of carbonyl (C=O) groups is 4. The van der Waals surface area contributed by atoms with Gasteiger partial charge in [-0.05, 0) is 95.0 Å². The summed E-state index contributed by atoms with van der Waals surface area (Å²) in [6.45, 7) is 20.3. The number of aryl methyl sites for hydroxylation is 2. The van der Waals surface area contributed by atoms with Crippen LogP contribution in [0.1, 0.15) is 71.8 Å². The van der Waals surface area contributed by atoms with Gasteiger partial charge in [0, 0.05) is 61.7 Å². The number of H-pyrrole nitrogens is 1. The van der Waals surface area contributed by atoms with Crippen LogP contribution in [0.4, 0.5) is 5.69 Å². The fourth-order valence-corrected chi connectivity index (χ4v) is 7.97. The fourth-order valence-electron chi connectivity index (χ4n) is 7.97. The second kappa shape index (κ2) is 24.0. The van der Waals surface area contributed by atoms with Crippen molar-refractivity contribution >= 4 is 79.7 Å². The average Bonchev–Trinajstić information content (AvgIpc) is 4.00. The number of carboxylic acid groups (broad SMARTS) is 2. The van der Waals surface area contributed by atoms with E-state index in [0.29, 0.717) is 69.7 Å². The highest BCUT2D eigenvalue weighted by Gasteiger charge is 2.26. The highest BCUT2D eigenvalue weighted by Crippen LogP contribution is 2.28. The van der Waals surface area contributed by atoms with Crippen LogP contribution in [-0.4, -0.2) is 75.0 Å². The van der Waals surface area contributed by atoms with Gasteiger partial charge < -0.3 is 24.8 Å². The van der Waals surface area contributed by atoms with Gasteiger partial charge in [-0.1, -0.05) is 74.3 Å². The smallest absolute Gasteiger partial charge is 0.333 e. The van der Waals surface area contributed by atoms with Gasteiger partial charge in [-0.15, -0.1) is 0 Å². The normalized spacial score (nSPS) is 11.5. The molecule has 3 N–H and O–H groups in total. The minimum Gasteiger partial charge on any atom is -0.481 e. The molecule has 0 saturated carbocycles. The Labute approximate surface area is 398 Å². The summed E-state index contributed by atoms with van der Waals surface area (Å²) >= 11 is 0. The second-order valence-electron chi connectivity index (χ2n) is 16.3. The van der Waals surface area contributed by atoms with Crippen LogP contribution >= 0.6 is 0 Å². The third kappa shape index (κ3) is 12.8. The second-order valence-corrected chi connectivity index (χ2v) is 16.3. The highest BCUT2D eigenvalue weighted by molar-refractivity contribution is 6.01. The molecule has 69 heavy (non-hydrogen) atoms. The van der Waals surface area contributed by atoms with Crippen LogP contribution in [0.5, 0.6) is 0 Å². The Morgan fingerprint density at radius 3 is 1.51 bits per heavy atom. The van der Waals surface area contributed by atoms with Gasteiger partial charge in [0.2, 0.25) is 5.91 Å². The topological polar surface area (TPSA) is 213 Å². The van der Waals surface area contributed by atoms with Crippen LogP contribution in [0.2, 0.25) is 0 Å². The van der Waals surface area contributed by atoms with Gasteiger partial charge in [-0.2, -0.15) is 0 Å². The predicted molar refractivity (Wildman–Crippen MR) is 270 cm³/mol. The van der Waals surface area contributed by atoms with Crippen molar-refractivity contribution in [1.29, 1.82) is 0 Å². The van der Waals surface area contributed by atoms with Crippen LogP contribution in [0.25, 0.3) is 50.2 Å². The third-order valence-electron chi connectivity index (χ3n) is 10.9. The zero-order chi connectivity index (χ0) is 50.4. The van der Waals surface area contributed by atoms with E-state index in [0.717, 1.165) is 50.0 Å². The monoisotopic (exact) mass is 941 g/mol. The lowest BCUT2D eigenvalue weighted by Crippen LogP contribution is -2.28. The number of benzene rings is 4. The van der Waals surface area contributed by atoms with Crippen LogP contribution in [0.15, 0.2) is 131 Å². The Bertz CT molecular complexity index is 3210. The van der Waals surface area contributed by atoms with Crippen molar-refractivity contribution in [2.24, 2.45) is 0 Å². The molecule has 3 aromatic heterocycles. The molecule has 0 saturated heterocycles. The van der Waals surface area contributed by atoms with Gasteiger partial charge in [-0.25, -0.2) is 14.4 Å². The van der Waals surface area contributed by atoms with Crippen molar-refractivity contribution < 1.29 is 34.1 Å². The first-order valence-electron chi connectivity index (χ1n) is 22.5. The van der Waals surface area contributed by atoms with E-state index >= 15 is 0 Å². The van der Waals surface area contributed by atoms with E-state index in [1.165, 1.54) is 0 Å². The number of nitrogens with zero attached hydrogens (tertiary/aromatic N) is 6. The molecular weight excluding hydrogens is 883 g/mol. The fraction of sp³-hybridized carbons (Fsp3) is 0.288. The van der Waals surface area contributed by atoms with Crippen molar-refractivity contribution in [1.82, 2.24) is 27.8 Å². The minimum atomic E-state index is -0.850. The molecular formula is C52H59N7O10. The van der Waals surface area contributed by atoms with Crippen molar-refractivity contribution in [2.75, 3.05) is 18.1 Å². The molecule has 8 rings (SSSR count). The Kier molecular flexibility index (Phi) is 18.0. The average molecular weight is 942 g/mol. The van der Waals surface area contributed by atoms with E-state index in [1.807, 2.05) is 104 Å². The van der Waals surface area contributed by atoms with E-state index in [9.17, 15) is 33.6 Å². The Hall–Kier alpha value is -8.21. The summed E-state index contributed by atoms with van der Waals surface area (Å²) in [7, 11) is 0. The number of anilines is 1. The number of hydrogen-bond donors (Lipinski definition) is 3. The number of esters is 1. The van der Waals surface area contributed by atoms with E-state index in [-0.39, 0.29) is 41.8 Å². The number of aliphatic carboxylic acids is 2. The van der Waals surface area contributed by atoms with Crippen molar-refractivity contribution in [2.45, 2.75) is 85.7 Å². The molecule has 0 spiro atoms. The summed E-state index contributed by atoms with van der Waals surface area (Å²) < 4.78 is 12.9. The molecule has 17 heteroatoms. The molecule has 362 valence electrons. The van der Waals surface area contributed by atoms with Crippen LogP contribution in [-0.2, 0) is 43.4 Å². The standard InChI is InChI=1S/C16H20N2O3.C14H16N2O3.C12H13NO3.C10H10N2O/c1-4-21-15(19)10-7-11-17-13-8-5-6-9-14(13)18(12(2)3)16(17)20;1-10(2)16-12-7-4-3-6-11(12)15(14(16)19)9-5-8-13(17)18;14-11-8-9-4-1-2-5-10(9)13(11)7-3-6-12(15)16;1-7(2)12-9-6-4-3-5-8(9)11-10(12)13/h5-6,8-9H,2,4,7,10-11H2,1,3H3;3-4,6-7H,1,5,8-9H2,2H3,(H,17,18);1-2,4-5H,3,6-8H2,(H,15,16);3-6H,1H2,2H3,(H,11,13). The Morgan fingerprint density at radius 2 is 1.01 bits per heavy atom. The molecule has 17 nitrogen and oxygen atoms in total. The van der Waals surface area contributed by atoms with Gasteiger partial charge in [-0.3, -0.25) is 42.0 Å². The summed E-state index contributed by atoms with van der Waals surface area (Å²) in [4.78, 5) is 84.7. The van der Waals surface area contributed by atoms with E-state index in [4.69, 9.17) is 14.9 Å². The lowest BCUT2D eigenvalue weighted by molar-refractivity contribution is -0.143. The maximum absolute atomic E-state index is 12.5. The first-order chi connectivity index (χ1) is 33.0. The molecule has 0 aliphatic carbocycles. The van der Waals surface area contributed by atoms with E-state index < -0.39 is 11.9 Å². The number of allylic oxidation sites excluding steroid dienone is 3. The summed E-state index contributed by atoms with van der Waals surface area (Å²) in [5.74, 6) is -1.84. The van der Waals surface area contributed by atoms with Gasteiger partial charge >= 0.3 is 35.0 Å². The van der Waals surface area contributed by atoms with Crippen molar-refractivity contribution in [3.05, 3.63) is 154 Å². The molecule has 1 amide bonds. The number of carboxylic acids is 2. The van der Waals surface area contributed by atoms with Crippen LogP contribution < -0.4 is 22.0 Å². The first-order valence-corrected chi connectivity index (χ1v) is 22.5. The summed E-state index contributed by atoms with van der Waals surface area (Å²) in [6, 6.07) is 30.2. The molecule has 0 fully saturated rings. The molecule has 1 aliphatic rings. The number of aromatic nitrogens is 6.